The molecule has 150 valence electrons. The highest BCUT2D eigenvalue weighted by molar-refractivity contribution is 7.98. The fraction of sp³-hybridized carbons (Fsp3) is 0.350. The Balaban J connectivity index is 1.62. The highest BCUT2D eigenvalue weighted by Gasteiger charge is 2.32. The van der Waals surface area contributed by atoms with Gasteiger partial charge < -0.3 is 10.1 Å². The Bertz CT molecular complexity index is 921. The molecule has 3 rings (SSSR count). The molecule has 28 heavy (non-hydrogen) atoms. The Kier molecular flexibility index (Phi) is 6.64. The number of hydrogen-bond acceptors (Lipinski definition) is 5. The molecule has 6 nitrogen and oxygen atoms in total. The summed E-state index contributed by atoms with van der Waals surface area (Å²) in [5.41, 5.74) is 0.624. The first-order valence-electron chi connectivity index (χ1n) is 9.04. The van der Waals surface area contributed by atoms with E-state index in [1.165, 1.54) is 4.31 Å². The first-order valence-corrected chi connectivity index (χ1v) is 11.7. The van der Waals surface area contributed by atoms with Crippen molar-refractivity contribution in [3.63, 3.8) is 0 Å². The van der Waals surface area contributed by atoms with E-state index in [9.17, 15) is 13.2 Å². The van der Waals surface area contributed by atoms with Crippen molar-refractivity contribution in [3.05, 3.63) is 48.5 Å². The van der Waals surface area contributed by atoms with Crippen molar-refractivity contribution < 1.29 is 17.9 Å². The second-order valence-corrected chi connectivity index (χ2v) is 9.36. The molecule has 0 radical (unpaired) electrons. The predicted molar refractivity (Wildman–Crippen MR) is 111 cm³/mol. The van der Waals surface area contributed by atoms with Gasteiger partial charge in [0.2, 0.25) is 15.9 Å². The van der Waals surface area contributed by atoms with Gasteiger partial charge in [0.1, 0.15) is 5.75 Å². The Labute approximate surface area is 170 Å². The molecule has 1 heterocycles. The van der Waals surface area contributed by atoms with Crippen molar-refractivity contribution in [3.8, 4) is 5.75 Å². The fourth-order valence-corrected chi connectivity index (χ4v) is 5.12. The molecular formula is C20H24N2O4S2. The summed E-state index contributed by atoms with van der Waals surface area (Å²) in [6.07, 6.45) is 2.93. The van der Waals surface area contributed by atoms with Crippen molar-refractivity contribution in [2.75, 3.05) is 31.8 Å². The molecule has 8 heteroatoms. The van der Waals surface area contributed by atoms with Gasteiger partial charge in [-0.05, 0) is 55.5 Å². The minimum Gasteiger partial charge on any atom is -0.495 e. The molecule has 0 aliphatic carbocycles. The van der Waals surface area contributed by atoms with Crippen LogP contribution in [0.3, 0.4) is 0 Å². The van der Waals surface area contributed by atoms with Crippen LogP contribution in [-0.2, 0) is 14.8 Å². The smallest absolute Gasteiger partial charge is 0.243 e. The lowest BCUT2D eigenvalue weighted by Gasteiger charge is -2.30. The summed E-state index contributed by atoms with van der Waals surface area (Å²) in [6.45, 7) is 0.660. The number of amides is 1. The van der Waals surface area contributed by atoms with Gasteiger partial charge in [-0.1, -0.05) is 12.1 Å². The topological polar surface area (TPSA) is 75.7 Å². The van der Waals surface area contributed by atoms with Crippen LogP contribution in [0.4, 0.5) is 5.69 Å². The van der Waals surface area contributed by atoms with Crippen molar-refractivity contribution in [1.29, 1.82) is 0 Å². The van der Waals surface area contributed by atoms with E-state index in [0.717, 1.165) is 4.90 Å². The lowest BCUT2D eigenvalue weighted by molar-refractivity contribution is -0.120. The predicted octanol–water partition coefficient (Wildman–Crippen LogP) is 3.46. The van der Waals surface area contributed by atoms with Crippen LogP contribution in [0.15, 0.2) is 58.3 Å². The molecule has 0 unspecified atom stereocenters. The van der Waals surface area contributed by atoms with Crippen LogP contribution >= 0.6 is 11.8 Å². The number of rotatable bonds is 6. The van der Waals surface area contributed by atoms with Gasteiger partial charge >= 0.3 is 0 Å². The minimum absolute atomic E-state index is 0.106. The third-order valence-corrected chi connectivity index (χ3v) is 7.54. The van der Waals surface area contributed by atoms with Gasteiger partial charge in [0.25, 0.3) is 0 Å². The molecular weight excluding hydrogens is 396 g/mol. The number of methoxy groups -OCH3 is 1. The maximum atomic E-state index is 12.8. The monoisotopic (exact) mass is 420 g/mol. The van der Waals surface area contributed by atoms with Gasteiger partial charge in [0.05, 0.1) is 17.7 Å². The number of para-hydroxylation sites is 2. The Hall–Kier alpha value is -2.03. The number of hydrogen-bond donors (Lipinski definition) is 1. The average molecular weight is 421 g/mol. The SMILES string of the molecule is COc1ccccc1NC(=O)C1CCN(S(=O)(=O)c2ccc(SC)cc2)CC1. The minimum atomic E-state index is -3.53. The van der Waals surface area contributed by atoms with E-state index in [4.69, 9.17) is 4.74 Å². The third-order valence-electron chi connectivity index (χ3n) is 4.89. The van der Waals surface area contributed by atoms with Crippen molar-refractivity contribution in [2.24, 2.45) is 5.92 Å². The van der Waals surface area contributed by atoms with Gasteiger partial charge in [0, 0.05) is 23.9 Å². The summed E-state index contributed by atoms with van der Waals surface area (Å²) < 4.78 is 32.4. The van der Waals surface area contributed by atoms with Crippen LogP contribution in [0, 0.1) is 5.92 Å². The van der Waals surface area contributed by atoms with E-state index in [2.05, 4.69) is 5.32 Å². The average Bonchev–Trinajstić information content (AvgIpc) is 2.74. The number of thioether (sulfide) groups is 1. The second-order valence-electron chi connectivity index (χ2n) is 6.54. The van der Waals surface area contributed by atoms with Crippen LogP contribution < -0.4 is 10.1 Å². The van der Waals surface area contributed by atoms with Gasteiger partial charge in [-0.25, -0.2) is 8.42 Å². The van der Waals surface area contributed by atoms with Crippen LogP contribution in [0.1, 0.15) is 12.8 Å². The molecule has 0 spiro atoms. The van der Waals surface area contributed by atoms with E-state index < -0.39 is 10.0 Å². The van der Waals surface area contributed by atoms with Crippen molar-refractivity contribution >= 4 is 33.4 Å². The molecule has 1 amide bonds. The molecule has 0 saturated carbocycles. The van der Waals surface area contributed by atoms with Gasteiger partial charge in [0.15, 0.2) is 0 Å². The number of benzene rings is 2. The molecule has 2 aromatic carbocycles. The van der Waals surface area contributed by atoms with Crippen LogP contribution in [0.2, 0.25) is 0 Å². The van der Waals surface area contributed by atoms with E-state index in [1.807, 2.05) is 30.5 Å². The first-order chi connectivity index (χ1) is 13.5. The van der Waals surface area contributed by atoms with Gasteiger partial charge in [-0.3, -0.25) is 4.79 Å². The summed E-state index contributed by atoms with van der Waals surface area (Å²) in [5, 5.41) is 2.89. The summed E-state index contributed by atoms with van der Waals surface area (Å²) in [7, 11) is -1.98. The molecule has 1 saturated heterocycles. The fourth-order valence-electron chi connectivity index (χ4n) is 3.24. The van der Waals surface area contributed by atoms with Gasteiger partial charge in [-0.15, -0.1) is 11.8 Å². The lowest BCUT2D eigenvalue weighted by atomic mass is 9.97. The molecule has 1 N–H and O–H groups in total. The van der Waals surface area contributed by atoms with Crippen LogP contribution in [0.5, 0.6) is 5.75 Å². The number of sulfonamides is 1. The van der Waals surface area contributed by atoms with Gasteiger partial charge in [-0.2, -0.15) is 4.31 Å². The van der Waals surface area contributed by atoms with E-state index >= 15 is 0 Å². The van der Waals surface area contributed by atoms with Crippen LogP contribution in [0.25, 0.3) is 0 Å². The molecule has 1 fully saturated rings. The third kappa shape index (κ3) is 4.51. The summed E-state index contributed by atoms with van der Waals surface area (Å²) in [6, 6.07) is 14.1. The summed E-state index contributed by atoms with van der Waals surface area (Å²) in [5.74, 6) is 0.269. The zero-order valence-electron chi connectivity index (χ0n) is 15.9. The highest BCUT2D eigenvalue weighted by Crippen LogP contribution is 2.28. The number of nitrogens with zero attached hydrogens (tertiary/aromatic N) is 1. The number of carbonyl (C=O) groups excluding carboxylic acids is 1. The maximum absolute atomic E-state index is 12.8. The standard InChI is InChI=1S/C20H24N2O4S2/c1-26-19-6-4-3-5-18(19)21-20(23)15-11-13-22(14-12-15)28(24,25)17-9-7-16(27-2)8-10-17/h3-10,15H,11-14H2,1-2H3,(H,21,23). The molecule has 1 aliphatic heterocycles. The molecule has 1 aliphatic rings. The van der Waals surface area contributed by atoms with E-state index in [1.54, 1.807) is 43.1 Å². The lowest BCUT2D eigenvalue weighted by Crippen LogP contribution is -2.41. The number of carbonyl (C=O) groups is 1. The second kappa shape index (κ2) is 8.98. The first kappa shape index (κ1) is 20.7. The molecule has 0 atom stereocenters. The quantitative estimate of drug-likeness (QED) is 0.725. The largest absolute Gasteiger partial charge is 0.495 e. The number of anilines is 1. The number of ether oxygens (including phenoxy) is 1. The highest BCUT2D eigenvalue weighted by atomic mass is 32.2. The van der Waals surface area contributed by atoms with E-state index in [-0.39, 0.29) is 11.8 Å². The van der Waals surface area contributed by atoms with Crippen molar-refractivity contribution in [1.82, 2.24) is 4.31 Å². The Morgan fingerprint density at radius 2 is 1.75 bits per heavy atom. The molecule has 0 aromatic heterocycles. The zero-order valence-corrected chi connectivity index (χ0v) is 17.6. The zero-order chi connectivity index (χ0) is 20.1. The van der Waals surface area contributed by atoms with E-state index in [0.29, 0.717) is 42.3 Å². The summed E-state index contributed by atoms with van der Waals surface area (Å²) in [4.78, 5) is 13.9. The Morgan fingerprint density at radius 3 is 2.36 bits per heavy atom. The molecule has 0 bridgehead atoms. The van der Waals surface area contributed by atoms with Crippen LogP contribution in [-0.4, -0.2) is 45.1 Å². The number of piperidine rings is 1. The Morgan fingerprint density at radius 1 is 1.11 bits per heavy atom. The summed E-state index contributed by atoms with van der Waals surface area (Å²) >= 11 is 1.57. The van der Waals surface area contributed by atoms with Crippen molar-refractivity contribution in [2.45, 2.75) is 22.6 Å². The maximum Gasteiger partial charge on any atom is 0.243 e. The molecule has 2 aromatic rings. The normalized spacial score (nSPS) is 15.9. The number of nitrogens with one attached hydrogen (secondary N) is 1.